The van der Waals surface area contributed by atoms with E-state index in [0.717, 1.165) is 5.52 Å². The van der Waals surface area contributed by atoms with E-state index >= 15 is 0 Å². The number of fused-ring (bicyclic) bond motifs is 2. The molecule has 28 heavy (non-hydrogen) atoms. The molecular formula is C19H16N4O5. The fraction of sp³-hybridized carbons (Fsp3) is 0.158. The maximum absolute atomic E-state index is 12.2. The molecule has 2 heterocycles. The number of azo groups is 1. The van der Waals surface area contributed by atoms with Crippen LogP contribution < -0.4 is 14.8 Å². The van der Waals surface area contributed by atoms with Crippen molar-refractivity contribution in [3.63, 3.8) is 0 Å². The van der Waals surface area contributed by atoms with Gasteiger partial charge in [0.15, 0.2) is 17.2 Å². The van der Waals surface area contributed by atoms with Crippen LogP contribution in [-0.2, 0) is 11.8 Å². The van der Waals surface area contributed by atoms with Crippen molar-refractivity contribution in [2.24, 2.45) is 17.3 Å². The minimum atomic E-state index is -0.651. The molecule has 4 rings (SSSR count). The lowest BCUT2D eigenvalue weighted by Gasteiger charge is -2.03. The van der Waals surface area contributed by atoms with Crippen LogP contribution >= 0.6 is 0 Å². The molecule has 2 N–H and O–H groups in total. The molecule has 2 amide bonds. The summed E-state index contributed by atoms with van der Waals surface area (Å²) in [7, 11) is 1.68. The zero-order valence-electron chi connectivity index (χ0n) is 14.9. The van der Waals surface area contributed by atoms with E-state index in [1.54, 1.807) is 35.9 Å². The summed E-state index contributed by atoms with van der Waals surface area (Å²) in [6.07, 6.45) is 0. The molecule has 0 atom stereocenters. The summed E-state index contributed by atoms with van der Waals surface area (Å²) in [5, 5.41) is 20.8. The highest BCUT2D eigenvalue weighted by Gasteiger charge is 2.17. The number of benzene rings is 2. The highest BCUT2D eigenvalue weighted by Crippen LogP contribution is 2.37. The van der Waals surface area contributed by atoms with Gasteiger partial charge in [0.1, 0.15) is 6.54 Å². The van der Waals surface area contributed by atoms with Gasteiger partial charge in [0, 0.05) is 18.0 Å². The molecule has 9 nitrogen and oxygen atoms in total. The molecule has 1 aliphatic rings. The first-order valence-corrected chi connectivity index (χ1v) is 8.43. The van der Waals surface area contributed by atoms with Gasteiger partial charge in [0.2, 0.25) is 12.7 Å². The maximum Gasteiger partial charge on any atom is 0.283 e. The third-order valence-corrected chi connectivity index (χ3v) is 4.35. The highest BCUT2D eigenvalue weighted by molar-refractivity contribution is 5.97. The Morgan fingerprint density at radius 2 is 1.96 bits per heavy atom. The quantitative estimate of drug-likeness (QED) is 0.675. The van der Waals surface area contributed by atoms with Crippen molar-refractivity contribution in [3.05, 3.63) is 48.0 Å². The smallest absolute Gasteiger partial charge is 0.283 e. The average Bonchev–Trinajstić information content (AvgIpc) is 3.28. The number of carbonyl (C=O) groups is 2. The SMILES string of the molecule is Cn1c(O)c(N=NC(=O)CNC(=O)c2ccc3c(c2)OCO3)c2ccccc21. The second-order valence-corrected chi connectivity index (χ2v) is 6.09. The van der Waals surface area contributed by atoms with Crippen molar-refractivity contribution < 1.29 is 24.2 Å². The van der Waals surface area contributed by atoms with E-state index in [1.165, 1.54) is 6.07 Å². The third kappa shape index (κ3) is 3.13. The number of hydrogen-bond donors (Lipinski definition) is 2. The molecule has 0 fully saturated rings. The van der Waals surface area contributed by atoms with Gasteiger partial charge in [-0.2, -0.15) is 0 Å². The summed E-state index contributed by atoms with van der Waals surface area (Å²) < 4.78 is 12.0. The number of amides is 2. The number of aromatic nitrogens is 1. The molecule has 0 bridgehead atoms. The zero-order valence-corrected chi connectivity index (χ0v) is 14.9. The Morgan fingerprint density at radius 3 is 2.82 bits per heavy atom. The first-order chi connectivity index (χ1) is 13.5. The first-order valence-electron chi connectivity index (χ1n) is 8.43. The molecule has 0 radical (unpaired) electrons. The lowest BCUT2D eigenvalue weighted by atomic mass is 10.2. The Morgan fingerprint density at radius 1 is 1.18 bits per heavy atom. The molecule has 3 aromatic rings. The van der Waals surface area contributed by atoms with E-state index in [4.69, 9.17) is 9.47 Å². The topological polar surface area (TPSA) is 115 Å². The second-order valence-electron chi connectivity index (χ2n) is 6.09. The number of carbonyl (C=O) groups excluding carboxylic acids is 2. The van der Waals surface area contributed by atoms with Crippen LogP contribution in [0.25, 0.3) is 10.9 Å². The second kappa shape index (κ2) is 7.03. The molecule has 0 spiro atoms. The van der Waals surface area contributed by atoms with E-state index < -0.39 is 11.8 Å². The minimum absolute atomic E-state index is 0.0952. The average molecular weight is 380 g/mol. The number of nitrogens with zero attached hydrogens (tertiary/aromatic N) is 3. The van der Waals surface area contributed by atoms with E-state index in [2.05, 4.69) is 15.5 Å². The number of para-hydroxylation sites is 1. The first kappa shape index (κ1) is 17.5. The van der Waals surface area contributed by atoms with Crippen LogP contribution in [0.4, 0.5) is 5.69 Å². The van der Waals surface area contributed by atoms with Crippen molar-refractivity contribution in [1.82, 2.24) is 9.88 Å². The van der Waals surface area contributed by atoms with Gasteiger partial charge in [-0.1, -0.05) is 18.2 Å². The van der Waals surface area contributed by atoms with Crippen LogP contribution in [0.5, 0.6) is 17.4 Å². The largest absolute Gasteiger partial charge is 0.493 e. The van der Waals surface area contributed by atoms with Crippen LogP contribution in [0.2, 0.25) is 0 Å². The van der Waals surface area contributed by atoms with Gasteiger partial charge in [0.25, 0.3) is 11.8 Å². The molecule has 2 aromatic carbocycles. The van der Waals surface area contributed by atoms with Gasteiger partial charge in [-0.05, 0) is 24.3 Å². The predicted octanol–water partition coefficient (Wildman–Crippen LogP) is 2.65. The number of aryl methyl sites for hydroxylation is 1. The molecule has 142 valence electrons. The molecule has 0 saturated carbocycles. The monoisotopic (exact) mass is 380 g/mol. The van der Waals surface area contributed by atoms with Gasteiger partial charge >= 0.3 is 0 Å². The van der Waals surface area contributed by atoms with Crippen LogP contribution in [0.1, 0.15) is 10.4 Å². The Labute approximate surface area is 159 Å². The van der Waals surface area contributed by atoms with Crippen molar-refractivity contribution in [1.29, 1.82) is 0 Å². The maximum atomic E-state index is 12.2. The molecule has 1 aromatic heterocycles. The number of rotatable bonds is 4. The van der Waals surface area contributed by atoms with Crippen molar-refractivity contribution in [2.45, 2.75) is 0 Å². The van der Waals surface area contributed by atoms with Crippen LogP contribution in [-0.4, -0.2) is 34.8 Å². The summed E-state index contributed by atoms with van der Waals surface area (Å²) in [6, 6.07) is 12.0. The summed E-state index contributed by atoms with van der Waals surface area (Å²) >= 11 is 0. The third-order valence-electron chi connectivity index (χ3n) is 4.35. The van der Waals surface area contributed by atoms with E-state index in [1.807, 2.05) is 12.1 Å². The highest BCUT2D eigenvalue weighted by atomic mass is 16.7. The normalized spacial score (nSPS) is 12.6. The summed E-state index contributed by atoms with van der Waals surface area (Å²) in [6.45, 7) is -0.220. The molecular weight excluding hydrogens is 364 g/mol. The Kier molecular flexibility index (Phi) is 4.40. The standard InChI is InChI=1S/C19H16N4O5/c1-23-13-5-3-2-4-12(13)17(19(23)26)22-21-16(24)9-20-18(25)11-6-7-14-15(8-11)28-10-27-14/h2-8,26H,9-10H2,1H3,(H,20,25). The zero-order chi connectivity index (χ0) is 19.7. The summed E-state index contributed by atoms with van der Waals surface area (Å²) in [4.78, 5) is 24.2. The molecule has 0 saturated heterocycles. The van der Waals surface area contributed by atoms with Crippen molar-refractivity contribution in [2.75, 3.05) is 13.3 Å². The van der Waals surface area contributed by atoms with Gasteiger partial charge < -0.3 is 24.5 Å². The lowest BCUT2D eigenvalue weighted by molar-refractivity contribution is -0.117. The van der Waals surface area contributed by atoms with Crippen LogP contribution in [0, 0.1) is 0 Å². The number of ether oxygens (including phenoxy) is 2. The van der Waals surface area contributed by atoms with E-state index in [-0.39, 0.29) is 24.9 Å². The van der Waals surface area contributed by atoms with Gasteiger partial charge in [0.05, 0.1) is 5.52 Å². The van der Waals surface area contributed by atoms with E-state index in [0.29, 0.717) is 22.4 Å². The number of nitrogens with one attached hydrogen (secondary N) is 1. The van der Waals surface area contributed by atoms with Crippen molar-refractivity contribution >= 4 is 28.4 Å². The molecule has 1 aliphatic heterocycles. The van der Waals surface area contributed by atoms with Gasteiger partial charge in [-0.3, -0.25) is 9.59 Å². The Hall–Kier alpha value is -3.88. The van der Waals surface area contributed by atoms with Crippen LogP contribution in [0.3, 0.4) is 0 Å². The van der Waals surface area contributed by atoms with Gasteiger partial charge in [-0.15, -0.1) is 10.2 Å². The number of hydrogen-bond acceptors (Lipinski definition) is 6. The Bertz CT molecular complexity index is 1120. The fourth-order valence-electron chi connectivity index (χ4n) is 2.90. The molecule has 0 unspecified atom stereocenters. The van der Waals surface area contributed by atoms with E-state index in [9.17, 15) is 14.7 Å². The summed E-state index contributed by atoms with van der Waals surface area (Å²) in [5.41, 5.74) is 1.30. The predicted molar refractivity (Wildman–Crippen MR) is 99.0 cm³/mol. The lowest BCUT2D eigenvalue weighted by Crippen LogP contribution is -2.28. The number of aromatic hydroxyl groups is 1. The molecule has 9 heteroatoms. The van der Waals surface area contributed by atoms with Crippen molar-refractivity contribution in [3.8, 4) is 17.4 Å². The van der Waals surface area contributed by atoms with Gasteiger partial charge in [-0.25, -0.2) is 0 Å². The summed E-state index contributed by atoms with van der Waals surface area (Å²) in [5.74, 6) is -0.153. The fourth-order valence-corrected chi connectivity index (χ4v) is 2.90. The van der Waals surface area contributed by atoms with Crippen LogP contribution in [0.15, 0.2) is 52.7 Å². The minimum Gasteiger partial charge on any atom is -0.493 e. The Balaban J connectivity index is 1.42. The molecule has 0 aliphatic carbocycles.